The summed E-state index contributed by atoms with van der Waals surface area (Å²) in [4.78, 5) is 24.8. The van der Waals surface area contributed by atoms with Crippen molar-refractivity contribution in [1.82, 2.24) is 9.97 Å². The Labute approximate surface area is 177 Å². The normalized spacial score (nSPS) is 16.7. The number of amides is 1. The Morgan fingerprint density at radius 1 is 1.14 bits per heavy atom. The number of thiazole rings is 2. The molecule has 2 aromatic carbocycles. The molecule has 1 aliphatic rings. The summed E-state index contributed by atoms with van der Waals surface area (Å²) >= 11 is 3.01. The molecular weight excluding hydrogens is 402 g/mol. The number of anilines is 1. The average Bonchev–Trinajstić information content (AvgIpc) is 3.47. The number of fused-ring (bicyclic) bond motifs is 2. The van der Waals surface area contributed by atoms with E-state index in [0.717, 1.165) is 50.6 Å². The van der Waals surface area contributed by atoms with Gasteiger partial charge in [0.1, 0.15) is 0 Å². The van der Waals surface area contributed by atoms with Gasteiger partial charge in [-0.15, -0.1) is 11.3 Å². The van der Waals surface area contributed by atoms with Crippen LogP contribution in [0.1, 0.15) is 33.8 Å². The Bertz CT molecular complexity index is 1140. The van der Waals surface area contributed by atoms with Crippen molar-refractivity contribution in [3.05, 3.63) is 52.5 Å². The van der Waals surface area contributed by atoms with Crippen LogP contribution < -0.4 is 4.90 Å². The second-order valence-electron chi connectivity index (χ2n) is 7.41. The molecule has 0 spiro atoms. The van der Waals surface area contributed by atoms with Crippen molar-refractivity contribution in [1.29, 1.82) is 0 Å². The zero-order valence-corrected chi connectivity index (χ0v) is 18.0. The lowest BCUT2D eigenvalue weighted by Crippen LogP contribution is -2.37. The fourth-order valence-corrected chi connectivity index (χ4v) is 5.72. The number of aromatic nitrogens is 2. The Morgan fingerprint density at radius 3 is 2.72 bits per heavy atom. The van der Waals surface area contributed by atoms with E-state index in [1.165, 1.54) is 16.9 Å². The van der Waals surface area contributed by atoms with Crippen LogP contribution in [0.15, 0.2) is 36.4 Å². The number of ether oxygens (including phenoxy) is 1. The Hall–Kier alpha value is -2.35. The van der Waals surface area contributed by atoms with Crippen LogP contribution >= 0.6 is 22.7 Å². The van der Waals surface area contributed by atoms with Crippen LogP contribution in [0.5, 0.6) is 0 Å². The summed E-state index contributed by atoms with van der Waals surface area (Å²) in [7, 11) is 0. The molecule has 29 heavy (non-hydrogen) atoms. The number of hydrogen-bond acceptors (Lipinski definition) is 6. The van der Waals surface area contributed by atoms with Crippen LogP contribution in [-0.4, -0.2) is 35.1 Å². The van der Waals surface area contributed by atoms with Gasteiger partial charge in [-0.25, -0.2) is 9.97 Å². The van der Waals surface area contributed by atoms with Crippen LogP contribution in [-0.2, 0) is 4.74 Å². The summed E-state index contributed by atoms with van der Waals surface area (Å²) < 4.78 is 7.99. The topological polar surface area (TPSA) is 55.3 Å². The molecule has 2 aromatic heterocycles. The van der Waals surface area contributed by atoms with Crippen molar-refractivity contribution in [2.24, 2.45) is 0 Å². The van der Waals surface area contributed by atoms with E-state index in [9.17, 15) is 4.79 Å². The van der Waals surface area contributed by atoms with Crippen LogP contribution in [0.25, 0.3) is 20.4 Å². The van der Waals surface area contributed by atoms with Gasteiger partial charge >= 0.3 is 0 Å². The Balaban J connectivity index is 1.58. The molecule has 0 N–H and O–H groups in total. The van der Waals surface area contributed by atoms with Gasteiger partial charge in [-0.2, -0.15) is 0 Å². The van der Waals surface area contributed by atoms with Gasteiger partial charge in [0.15, 0.2) is 10.1 Å². The van der Waals surface area contributed by atoms with Gasteiger partial charge in [0.05, 0.1) is 33.1 Å². The smallest absolute Gasteiger partial charge is 0.289 e. The highest BCUT2D eigenvalue weighted by atomic mass is 32.1. The molecule has 148 valence electrons. The predicted molar refractivity (Wildman–Crippen MR) is 119 cm³/mol. The molecule has 1 atom stereocenters. The second-order valence-corrected chi connectivity index (χ2v) is 9.42. The van der Waals surface area contributed by atoms with Crippen LogP contribution in [0.2, 0.25) is 0 Å². The van der Waals surface area contributed by atoms with E-state index in [1.54, 1.807) is 16.2 Å². The maximum absolute atomic E-state index is 13.5. The fourth-order valence-electron chi connectivity index (χ4n) is 3.68. The fraction of sp³-hybridized carbons (Fsp3) is 0.318. The minimum absolute atomic E-state index is 0.0440. The predicted octanol–water partition coefficient (Wildman–Crippen LogP) is 5.35. The van der Waals surface area contributed by atoms with E-state index in [4.69, 9.17) is 9.72 Å². The van der Waals surface area contributed by atoms with Crippen molar-refractivity contribution in [3.8, 4) is 0 Å². The third-order valence-electron chi connectivity index (χ3n) is 5.29. The van der Waals surface area contributed by atoms with Gasteiger partial charge in [-0.1, -0.05) is 35.6 Å². The highest BCUT2D eigenvalue weighted by Crippen LogP contribution is 2.35. The van der Waals surface area contributed by atoms with Crippen molar-refractivity contribution in [2.75, 3.05) is 18.1 Å². The molecule has 3 heterocycles. The molecule has 4 aromatic rings. The molecule has 0 saturated carbocycles. The van der Waals surface area contributed by atoms with Gasteiger partial charge in [0, 0.05) is 6.61 Å². The zero-order valence-electron chi connectivity index (χ0n) is 16.3. The van der Waals surface area contributed by atoms with Crippen molar-refractivity contribution in [2.45, 2.75) is 32.8 Å². The third kappa shape index (κ3) is 3.43. The number of carbonyl (C=O) groups excluding carboxylic acids is 1. The van der Waals surface area contributed by atoms with E-state index in [0.29, 0.717) is 11.6 Å². The zero-order chi connectivity index (χ0) is 20.0. The van der Waals surface area contributed by atoms with Gasteiger partial charge in [0.2, 0.25) is 0 Å². The molecule has 5 nitrogen and oxygen atoms in total. The first-order chi connectivity index (χ1) is 14.1. The van der Waals surface area contributed by atoms with Gasteiger partial charge in [-0.3, -0.25) is 9.69 Å². The highest BCUT2D eigenvalue weighted by Gasteiger charge is 2.29. The molecule has 0 radical (unpaired) electrons. The second kappa shape index (κ2) is 7.48. The highest BCUT2D eigenvalue weighted by molar-refractivity contribution is 7.23. The molecule has 5 rings (SSSR count). The molecule has 1 amide bonds. The molecule has 1 fully saturated rings. The first-order valence-corrected chi connectivity index (χ1v) is 11.4. The molecule has 0 aliphatic carbocycles. The number of nitrogens with zero attached hydrogens (tertiary/aromatic N) is 3. The standard InChI is InChI=1S/C22H21N3O2S2/c1-13-9-10-14(2)19-18(13)24-22(29-19)25(12-15-6-5-11-27-15)21(26)20-23-16-7-3-4-8-17(16)28-20/h3-4,7-10,15H,5-6,11-12H2,1-2H3. The van der Waals surface area contributed by atoms with Crippen LogP contribution in [0, 0.1) is 13.8 Å². The maximum atomic E-state index is 13.5. The van der Waals surface area contributed by atoms with E-state index in [1.807, 2.05) is 24.3 Å². The van der Waals surface area contributed by atoms with Gasteiger partial charge in [-0.05, 0) is 49.9 Å². The number of aryl methyl sites for hydroxylation is 2. The molecule has 7 heteroatoms. The van der Waals surface area contributed by atoms with Crippen molar-refractivity contribution in [3.63, 3.8) is 0 Å². The summed E-state index contributed by atoms with van der Waals surface area (Å²) in [6.45, 7) is 5.41. The van der Waals surface area contributed by atoms with E-state index in [-0.39, 0.29) is 12.0 Å². The van der Waals surface area contributed by atoms with Crippen molar-refractivity contribution < 1.29 is 9.53 Å². The van der Waals surface area contributed by atoms with Crippen LogP contribution in [0.3, 0.4) is 0 Å². The summed E-state index contributed by atoms with van der Waals surface area (Å²) in [6, 6.07) is 12.0. The lowest BCUT2D eigenvalue weighted by atomic mass is 10.1. The summed E-state index contributed by atoms with van der Waals surface area (Å²) in [5.74, 6) is -0.101. The first kappa shape index (κ1) is 18.7. The Morgan fingerprint density at radius 2 is 1.97 bits per heavy atom. The Kier molecular flexibility index (Phi) is 4.81. The first-order valence-electron chi connectivity index (χ1n) is 9.76. The number of rotatable bonds is 4. The minimum atomic E-state index is -0.101. The van der Waals surface area contributed by atoms with E-state index in [2.05, 4.69) is 31.0 Å². The number of para-hydroxylation sites is 1. The lowest BCUT2D eigenvalue weighted by Gasteiger charge is -2.22. The number of carbonyl (C=O) groups is 1. The molecule has 1 saturated heterocycles. The lowest BCUT2D eigenvalue weighted by molar-refractivity contribution is 0.0917. The molecule has 0 bridgehead atoms. The molecular formula is C22H21N3O2S2. The summed E-state index contributed by atoms with van der Waals surface area (Å²) in [5, 5.41) is 1.22. The van der Waals surface area contributed by atoms with E-state index >= 15 is 0 Å². The number of hydrogen-bond donors (Lipinski definition) is 0. The minimum Gasteiger partial charge on any atom is -0.376 e. The quantitative estimate of drug-likeness (QED) is 0.444. The third-order valence-corrected chi connectivity index (χ3v) is 7.53. The SMILES string of the molecule is Cc1ccc(C)c2sc(N(CC3CCCO3)C(=O)c3nc4ccccc4s3)nc12. The van der Waals surface area contributed by atoms with E-state index < -0.39 is 0 Å². The summed E-state index contributed by atoms with van der Waals surface area (Å²) in [6.07, 6.45) is 2.04. The van der Waals surface area contributed by atoms with Gasteiger partial charge in [0.25, 0.3) is 5.91 Å². The monoisotopic (exact) mass is 423 g/mol. The largest absolute Gasteiger partial charge is 0.376 e. The maximum Gasteiger partial charge on any atom is 0.289 e. The summed E-state index contributed by atoms with van der Waals surface area (Å²) in [5.41, 5.74) is 4.13. The molecule has 1 aliphatic heterocycles. The molecule has 1 unspecified atom stereocenters. The average molecular weight is 424 g/mol. The van der Waals surface area contributed by atoms with Crippen molar-refractivity contribution >= 4 is 54.1 Å². The number of benzene rings is 2. The van der Waals surface area contributed by atoms with Gasteiger partial charge < -0.3 is 4.74 Å². The van der Waals surface area contributed by atoms with Crippen LogP contribution in [0.4, 0.5) is 5.13 Å².